The van der Waals surface area contributed by atoms with Gasteiger partial charge in [0.2, 0.25) is 0 Å². The molecule has 0 unspecified atom stereocenters. The number of anilines is 1. The minimum absolute atomic E-state index is 0.756. The fraction of sp³-hybridized carbons (Fsp3) is 0.200. The van der Waals surface area contributed by atoms with Crippen LogP contribution in [0.15, 0.2) is 36.4 Å². The second kappa shape index (κ2) is 4.50. The van der Waals surface area contributed by atoms with Gasteiger partial charge in [0.15, 0.2) is 0 Å². The molecule has 0 aromatic heterocycles. The highest BCUT2D eigenvalue weighted by Crippen LogP contribution is 2.29. The van der Waals surface area contributed by atoms with Crippen molar-refractivity contribution in [3.8, 4) is 11.5 Å². The summed E-state index contributed by atoms with van der Waals surface area (Å²) < 4.78 is 5.87. The van der Waals surface area contributed by atoms with Crippen molar-refractivity contribution in [2.24, 2.45) is 0 Å². The first-order valence-electron chi connectivity index (χ1n) is 5.67. The van der Waals surface area contributed by atoms with Gasteiger partial charge in [-0.3, -0.25) is 0 Å². The van der Waals surface area contributed by atoms with Crippen LogP contribution < -0.4 is 10.5 Å². The third-order valence-electron chi connectivity index (χ3n) is 2.75. The normalized spacial score (nSPS) is 10.3. The maximum Gasteiger partial charge on any atom is 0.132 e. The Balaban J connectivity index is 2.34. The van der Waals surface area contributed by atoms with Crippen molar-refractivity contribution < 1.29 is 4.74 Å². The molecule has 0 bridgehead atoms. The largest absolute Gasteiger partial charge is 0.457 e. The highest BCUT2D eigenvalue weighted by Gasteiger charge is 2.04. The Bertz CT molecular complexity index is 526. The van der Waals surface area contributed by atoms with Gasteiger partial charge in [-0.1, -0.05) is 12.1 Å². The zero-order chi connectivity index (χ0) is 12.4. The molecule has 0 saturated heterocycles. The number of nitrogen functional groups attached to an aromatic ring is 1. The number of hydrogen-bond donors (Lipinski definition) is 1. The summed E-state index contributed by atoms with van der Waals surface area (Å²) in [6.07, 6.45) is 0. The predicted octanol–water partition coefficient (Wildman–Crippen LogP) is 3.99. The third-order valence-corrected chi connectivity index (χ3v) is 2.75. The lowest BCUT2D eigenvalue weighted by Gasteiger charge is -2.11. The molecule has 0 heterocycles. The topological polar surface area (TPSA) is 35.2 Å². The Morgan fingerprint density at radius 2 is 1.59 bits per heavy atom. The molecule has 0 spiro atoms. The molecule has 0 amide bonds. The van der Waals surface area contributed by atoms with E-state index < -0.39 is 0 Å². The van der Waals surface area contributed by atoms with E-state index in [1.54, 1.807) is 0 Å². The first-order valence-corrected chi connectivity index (χ1v) is 5.67. The Morgan fingerprint density at radius 1 is 0.941 bits per heavy atom. The van der Waals surface area contributed by atoms with E-state index in [1.165, 1.54) is 11.1 Å². The number of benzene rings is 2. The van der Waals surface area contributed by atoms with Crippen molar-refractivity contribution >= 4 is 5.69 Å². The van der Waals surface area contributed by atoms with Gasteiger partial charge in [-0.25, -0.2) is 0 Å². The van der Waals surface area contributed by atoms with Gasteiger partial charge in [0.05, 0.1) is 0 Å². The molecule has 2 nitrogen and oxygen atoms in total. The van der Waals surface area contributed by atoms with Crippen molar-refractivity contribution in [1.29, 1.82) is 0 Å². The molecule has 2 heteroatoms. The Hall–Kier alpha value is -1.96. The molecule has 0 atom stereocenters. The lowest BCUT2D eigenvalue weighted by molar-refractivity contribution is 0.478. The molecule has 2 rings (SSSR count). The number of aryl methyl sites for hydroxylation is 2. The van der Waals surface area contributed by atoms with Gasteiger partial charge in [0, 0.05) is 11.3 Å². The molecule has 0 radical (unpaired) electrons. The summed E-state index contributed by atoms with van der Waals surface area (Å²) in [5, 5.41) is 0. The van der Waals surface area contributed by atoms with Crippen LogP contribution in [-0.2, 0) is 0 Å². The monoisotopic (exact) mass is 227 g/mol. The Labute approximate surface area is 102 Å². The summed E-state index contributed by atoms with van der Waals surface area (Å²) in [5.41, 5.74) is 9.98. The molecule has 2 N–H and O–H groups in total. The summed E-state index contributed by atoms with van der Waals surface area (Å²) >= 11 is 0. The van der Waals surface area contributed by atoms with Crippen LogP contribution in [0, 0.1) is 20.8 Å². The number of ether oxygens (including phenoxy) is 1. The molecule has 2 aromatic carbocycles. The van der Waals surface area contributed by atoms with E-state index in [4.69, 9.17) is 10.5 Å². The van der Waals surface area contributed by atoms with Crippen LogP contribution in [0.2, 0.25) is 0 Å². The molecule has 0 aliphatic heterocycles. The van der Waals surface area contributed by atoms with Crippen LogP contribution >= 0.6 is 0 Å². The van der Waals surface area contributed by atoms with E-state index in [1.807, 2.05) is 37.3 Å². The number of hydrogen-bond acceptors (Lipinski definition) is 2. The zero-order valence-corrected chi connectivity index (χ0v) is 10.4. The van der Waals surface area contributed by atoms with Gasteiger partial charge in [-0.2, -0.15) is 0 Å². The Kier molecular flexibility index (Phi) is 3.05. The molecular weight excluding hydrogens is 210 g/mol. The lowest BCUT2D eigenvalue weighted by atomic mass is 10.1. The molecule has 88 valence electrons. The van der Waals surface area contributed by atoms with E-state index in [2.05, 4.69) is 19.9 Å². The van der Waals surface area contributed by atoms with Crippen LogP contribution in [0.4, 0.5) is 5.69 Å². The van der Waals surface area contributed by atoms with Gasteiger partial charge >= 0.3 is 0 Å². The first kappa shape index (κ1) is 11.5. The molecule has 0 saturated carbocycles. The summed E-state index contributed by atoms with van der Waals surface area (Å²) in [6.45, 7) is 6.09. The number of nitrogens with two attached hydrogens (primary N) is 1. The van der Waals surface area contributed by atoms with Crippen molar-refractivity contribution in [3.63, 3.8) is 0 Å². The zero-order valence-electron chi connectivity index (χ0n) is 10.4. The summed E-state index contributed by atoms with van der Waals surface area (Å²) in [7, 11) is 0. The minimum Gasteiger partial charge on any atom is -0.457 e. The van der Waals surface area contributed by atoms with Crippen LogP contribution in [0.25, 0.3) is 0 Å². The second-order valence-corrected chi connectivity index (χ2v) is 4.40. The summed E-state index contributed by atoms with van der Waals surface area (Å²) in [4.78, 5) is 0. The standard InChI is InChI=1S/C15H17NO/c1-10-7-11(2)9-13(8-10)17-15-6-4-5-14(16)12(15)3/h4-9H,16H2,1-3H3. The van der Waals surface area contributed by atoms with Gasteiger partial charge in [-0.15, -0.1) is 0 Å². The van der Waals surface area contributed by atoms with E-state index in [0.29, 0.717) is 0 Å². The highest BCUT2D eigenvalue weighted by molar-refractivity contribution is 5.54. The molecule has 0 aliphatic rings. The van der Waals surface area contributed by atoms with Crippen LogP contribution in [-0.4, -0.2) is 0 Å². The fourth-order valence-corrected chi connectivity index (χ4v) is 1.86. The highest BCUT2D eigenvalue weighted by atomic mass is 16.5. The molecular formula is C15H17NO. The van der Waals surface area contributed by atoms with Crippen LogP contribution in [0.5, 0.6) is 11.5 Å². The average molecular weight is 227 g/mol. The van der Waals surface area contributed by atoms with Crippen LogP contribution in [0.3, 0.4) is 0 Å². The fourth-order valence-electron chi connectivity index (χ4n) is 1.86. The maximum atomic E-state index is 5.87. The van der Waals surface area contributed by atoms with Gasteiger partial charge in [-0.05, 0) is 56.2 Å². The van der Waals surface area contributed by atoms with Crippen molar-refractivity contribution in [2.75, 3.05) is 5.73 Å². The maximum absolute atomic E-state index is 5.87. The van der Waals surface area contributed by atoms with E-state index in [0.717, 1.165) is 22.7 Å². The minimum atomic E-state index is 0.756. The van der Waals surface area contributed by atoms with Crippen molar-refractivity contribution in [3.05, 3.63) is 53.1 Å². The first-order chi connectivity index (χ1) is 8.06. The Morgan fingerprint density at radius 3 is 2.24 bits per heavy atom. The smallest absolute Gasteiger partial charge is 0.132 e. The lowest BCUT2D eigenvalue weighted by Crippen LogP contribution is -1.93. The van der Waals surface area contributed by atoms with Gasteiger partial charge in [0.1, 0.15) is 11.5 Å². The predicted molar refractivity (Wildman–Crippen MR) is 71.6 cm³/mol. The van der Waals surface area contributed by atoms with Crippen LogP contribution in [0.1, 0.15) is 16.7 Å². The quantitative estimate of drug-likeness (QED) is 0.787. The SMILES string of the molecule is Cc1cc(C)cc(Oc2cccc(N)c2C)c1. The number of rotatable bonds is 2. The van der Waals surface area contributed by atoms with Crippen molar-refractivity contribution in [1.82, 2.24) is 0 Å². The van der Waals surface area contributed by atoms with E-state index in [9.17, 15) is 0 Å². The van der Waals surface area contributed by atoms with Gasteiger partial charge < -0.3 is 10.5 Å². The molecule has 2 aromatic rings. The second-order valence-electron chi connectivity index (χ2n) is 4.40. The summed E-state index contributed by atoms with van der Waals surface area (Å²) in [5.74, 6) is 1.67. The average Bonchev–Trinajstić information content (AvgIpc) is 2.23. The van der Waals surface area contributed by atoms with E-state index in [-0.39, 0.29) is 0 Å². The van der Waals surface area contributed by atoms with E-state index >= 15 is 0 Å². The molecule has 0 fully saturated rings. The summed E-state index contributed by atoms with van der Waals surface area (Å²) in [6, 6.07) is 11.9. The molecule has 17 heavy (non-hydrogen) atoms. The third kappa shape index (κ3) is 2.59. The van der Waals surface area contributed by atoms with Gasteiger partial charge in [0.25, 0.3) is 0 Å². The van der Waals surface area contributed by atoms with Crippen molar-refractivity contribution in [2.45, 2.75) is 20.8 Å². The molecule has 0 aliphatic carbocycles.